The average Bonchev–Trinajstić information content (AvgIpc) is 3.07. The van der Waals surface area contributed by atoms with E-state index in [0.29, 0.717) is 43.5 Å². The summed E-state index contributed by atoms with van der Waals surface area (Å²) in [6.07, 6.45) is 22.8. The molecular weight excluding hydrogens is 622 g/mol. The summed E-state index contributed by atoms with van der Waals surface area (Å²) in [7, 11) is 0. The topological polar surface area (TPSA) is 181 Å². The molecule has 0 spiro atoms. The van der Waals surface area contributed by atoms with Gasteiger partial charge in [0.25, 0.3) is 0 Å². The van der Waals surface area contributed by atoms with Crippen LogP contribution in [0.1, 0.15) is 200 Å². The molecule has 0 aliphatic heterocycles. The van der Waals surface area contributed by atoms with Gasteiger partial charge in [-0.1, -0.05) is 149 Å². The van der Waals surface area contributed by atoms with E-state index >= 15 is 0 Å². The standard InChI is InChI=1S/C39H73N3O7/c1-3-5-7-9-11-13-15-17-19-21-23-28-34(43)39(38(48)49,31-30-36(45)46)42(37(47)33(41)27-25-26-32-40)35(44)29-24-22-20-18-16-14-12-10-8-6-4-2/h33H,3-32,40-41H2,1-2H3,(H,45,46)(H,48,49). The highest BCUT2D eigenvalue weighted by atomic mass is 16.4. The normalized spacial score (nSPS) is 13.1. The molecule has 2 amide bonds. The van der Waals surface area contributed by atoms with E-state index in [4.69, 9.17) is 11.5 Å². The zero-order chi connectivity index (χ0) is 36.8. The number of nitrogens with two attached hydrogens (primary N) is 2. The van der Waals surface area contributed by atoms with Gasteiger partial charge in [-0.2, -0.15) is 0 Å². The van der Waals surface area contributed by atoms with Crippen molar-refractivity contribution < 1.29 is 34.2 Å². The van der Waals surface area contributed by atoms with Crippen molar-refractivity contribution in [1.29, 1.82) is 0 Å². The van der Waals surface area contributed by atoms with Crippen molar-refractivity contribution in [2.45, 2.75) is 212 Å². The third-order valence-electron chi connectivity index (χ3n) is 9.66. The number of aliphatic carboxylic acids is 2. The molecule has 0 aromatic heterocycles. The number of rotatable bonds is 35. The van der Waals surface area contributed by atoms with Crippen molar-refractivity contribution in [3.8, 4) is 0 Å². The van der Waals surface area contributed by atoms with E-state index in [-0.39, 0.29) is 19.3 Å². The molecule has 0 fully saturated rings. The molecule has 10 heteroatoms. The van der Waals surface area contributed by atoms with Crippen LogP contribution in [0.3, 0.4) is 0 Å². The SMILES string of the molecule is CCCCCCCCCCCCCC(=O)N(C(=O)C(N)CCCCN)C(CCC(=O)O)(C(=O)O)C(=O)CCCCCCCCCCCCC. The van der Waals surface area contributed by atoms with Crippen LogP contribution < -0.4 is 11.5 Å². The molecule has 286 valence electrons. The van der Waals surface area contributed by atoms with E-state index in [1.165, 1.54) is 77.0 Å². The Bertz CT molecular complexity index is 913. The lowest BCUT2D eigenvalue weighted by Gasteiger charge is -2.39. The third-order valence-corrected chi connectivity index (χ3v) is 9.66. The first-order valence-electron chi connectivity index (χ1n) is 19.9. The second kappa shape index (κ2) is 30.5. The Balaban J connectivity index is 5.61. The first kappa shape index (κ1) is 46.7. The number of imide groups is 1. The van der Waals surface area contributed by atoms with Crippen molar-refractivity contribution in [3.05, 3.63) is 0 Å². The number of carbonyl (C=O) groups excluding carboxylic acids is 3. The van der Waals surface area contributed by atoms with Gasteiger partial charge in [0.15, 0.2) is 5.78 Å². The molecule has 0 radical (unpaired) electrons. The van der Waals surface area contributed by atoms with Gasteiger partial charge in [0.1, 0.15) is 0 Å². The Morgan fingerprint density at radius 2 is 0.980 bits per heavy atom. The number of hydrogen-bond donors (Lipinski definition) is 4. The van der Waals surface area contributed by atoms with Crippen LogP contribution >= 0.6 is 0 Å². The van der Waals surface area contributed by atoms with Crippen LogP contribution in [-0.4, -0.2) is 62.8 Å². The maximum absolute atomic E-state index is 13.9. The summed E-state index contributed by atoms with van der Waals surface area (Å²) in [5, 5.41) is 20.1. The van der Waals surface area contributed by atoms with Gasteiger partial charge >= 0.3 is 11.9 Å². The number of amides is 2. The van der Waals surface area contributed by atoms with E-state index in [9.17, 15) is 34.2 Å². The molecule has 0 aliphatic rings. The summed E-state index contributed by atoms with van der Waals surface area (Å²) in [5.74, 6) is -5.53. The molecule has 10 nitrogen and oxygen atoms in total. The van der Waals surface area contributed by atoms with Crippen LogP contribution in [-0.2, 0) is 24.0 Å². The molecule has 0 aromatic rings. The largest absolute Gasteiger partial charge is 0.481 e. The highest BCUT2D eigenvalue weighted by molar-refractivity contribution is 6.15. The summed E-state index contributed by atoms with van der Waals surface area (Å²) < 4.78 is 0. The van der Waals surface area contributed by atoms with Gasteiger partial charge in [-0.25, -0.2) is 4.79 Å². The molecule has 0 aliphatic carbocycles. The van der Waals surface area contributed by atoms with Crippen molar-refractivity contribution in [1.82, 2.24) is 4.90 Å². The predicted octanol–water partition coefficient (Wildman–Crippen LogP) is 8.46. The van der Waals surface area contributed by atoms with Crippen molar-refractivity contribution in [3.63, 3.8) is 0 Å². The quantitative estimate of drug-likeness (QED) is 0.0373. The molecule has 0 aromatic carbocycles. The average molecular weight is 696 g/mol. The van der Waals surface area contributed by atoms with Crippen molar-refractivity contribution >= 4 is 29.5 Å². The zero-order valence-corrected chi connectivity index (χ0v) is 31.3. The first-order valence-corrected chi connectivity index (χ1v) is 19.9. The molecule has 6 N–H and O–H groups in total. The van der Waals surface area contributed by atoms with E-state index in [1.54, 1.807) is 0 Å². The predicted molar refractivity (Wildman–Crippen MR) is 197 cm³/mol. The van der Waals surface area contributed by atoms with E-state index < -0.39 is 54.0 Å². The summed E-state index contributed by atoms with van der Waals surface area (Å²) in [4.78, 5) is 66.8. The van der Waals surface area contributed by atoms with Gasteiger partial charge in [-0.15, -0.1) is 0 Å². The molecule has 2 atom stereocenters. The van der Waals surface area contributed by atoms with E-state index in [0.717, 1.165) is 44.9 Å². The molecule has 49 heavy (non-hydrogen) atoms. The second-order valence-corrected chi connectivity index (χ2v) is 14.0. The van der Waals surface area contributed by atoms with E-state index in [2.05, 4.69) is 13.8 Å². The minimum atomic E-state index is -2.62. The minimum Gasteiger partial charge on any atom is -0.481 e. The highest BCUT2D eigenvalue weighted by Crippen LogP contribution is 2.30. The maximum atomic E-state index is 13.9. The Kier molecular flexibility index (Phi) is 29.0. The van der Waals surface area contributed by atoms with Crippen LogP contribution in [0.4, 0.5) is 0 Å². The number of carbonyl (C=O) groups is 5. The van der Waals surface area contributed by atoms with E-state index in [1.807, 2.05) is 0 Å². The van der Waals surface area contributed by atoms with Crippen LogP contribution in [0.2, 0.25) is 0 Å². The number of nitrogens with zero attached hydrogens (tertiary/aromatic N) is 1. The van der Waals surface area contributed by atoms with Crippen molar-refractivity contribution in [2.24, 2.45) is 11.5 Å². The van der Waals surface area contributed by atoms with Crippen LogP contribution in [0.25, 0.3) is 0 Å². The van der Waals surface area contributed by atoms with Crippen LogP contribution in [0.5, 0.6) is 0 Å². The Hall–Kier alpha value is -2.33. The van der Waals surface area contributed by atoms with Crippen LogP contribution in [0, 0.1) is 0 Å². The number of unbranched alkanes of at least 4 members (excludes halogenated alkanes) is 21. The van der Waals surface area contributed by atoms with Gasteiger partial charge in [0.2, 0.25) is 17.4 Å². The van der Waals surface area contributed by atoms with Gasteiger partial charge in [0, 0.05) is 19.3 Å². The van der Waals surface area contributed by atoms with Gasteiger partial charge in [-0.3, -0.25) is 24.1 Å². The number of ketones is 1. The fraction of sp³-hybridized carbons (Fsp3) is 0.872. The maximum Gasteiger partial charge on any atom is 0.337 e. The third kappa shape index (κ3) is 20.8. The number of Topliss-reactive ketones (excluding diaryl/α,β-unsaturated/α-hetero) is 1. The molecular formula is C39H73N3O7. The Morgan fingerprint density at radius 1 is 0.571 bits per heavy atom. The molecule has 0 bridgehead atoms. The first-order chi connectivity index (χ1) is 23.6. The minimum absolute atomic E-state index is 0.119. The smallest absolute Gasteiger partial charge is 0.337 e. The summed E-state index contributed by atoms with van der Waals surface area (Å²) in [6, 6.07) is -1.22. The molecule has 0 rings (SSSR count). The Morgan fingerprint density at radius 3 is 1.37 bits per heavy atom. The summed E-state index contributed by atoms with van der Waals surface area (Å²) in [5.41, 5.74) is 9.19. The highest BCUT2D eigenvalue weighted by Gasteiger charge is 2.55. The summed E-state index contributed by atoms with van der Waals surface area (Å²) >= 11 is 0. The van der Waals surface area contributed by atoms with Gasteiger partial charge in [-0.05, 0) is 38.6 Å². The molecule has 0 saturated carbocycles. The number of carboxylic acid groups (broad SMARTS) is 2. The zero-order valence-electron chi connectivity index (χ0n) is 31.3. The Labute approximate surface area is 297 Å². The lowest BCUT2D eigenvalue weighted by atomic mass is 9.82. The lowest BCUT2D eigenvalue weighted by molar-refractivity contribution is -0.172. The monoisotopic (exact) mass is 696 g/mol. The molecule has 0 saturated heterocycles. The van der Waals surface area contributed by atoms with Crippen LogP contribution in [0.15, 0.2) is 0 Å². The lowest BCUT2D eigenvalue weighted by Crippen LogP contribution is -2.66. The van der Waals surface area contributed by atoms with Crippen molar-refractivity contribution in [2.75, 3.05) is 6.54 Å². The van der Waals surface area contributed by atoms with Gasteiger partial charge in [0.05, 0.1) is 6.04 Å². The summed E-state index contributed by atoms with van der Waals surface area (Å²) in [6.45, 7) is 4.79. The van der Waals surface area contributed by atoms with Gasteiger partial charge < -0.3 is 21.7 Å². The number of carboxylic acids is 2. The second-order valence-electron chi connectivity index (χ2n) is 14.0. The fourth-order valence-corrected chi connectivity index (χ4v) is 6.52. The number of hydrogen-bond acceptors (Lipinski definition) is 7. The molecule has 2 unspecified atom stereocenters. The molecule has 0 heterocycles. The fourth-order valence-electron chi connectivity index (χ4n) is 6.52.